The van der Waals surface area contributed by atoms with E-state index in [1.807, 2.05) is 91.0 Å². The topological polar surface area (TPSA) is 433 Å². The van der Waals surface area contributed by atoms with Crippen LogP contribution in [0, 0.1) is 0 Å². The number of β-amino-alcohol motifs (C(OH)–C–C–N with tert-alkyl or cyclic N) is 1. The second kappa shape index (κ2) is 44.8. The third-order valence-electron chi connectivity index (χ3n) is 11.3. The van der Waals surface area contributed by atoms with Crippen molar-refractivity contribution in [3.05, 3.63) is 172 Å². The van der Waals surface area contributed by atoms with Crippen molar-refractivity contribution in [2.24, 2.45) is 4.99 Å². The number of methoxy groups -OCH3 is 2. The number of nitrogens with zero attached hydrogens (tertiary/aromatic N) is 3. The van der Waals surface area contributed by atoms with Gasteiger partial charge in [-0.3, -0.25) is 67.7 Å². The van der Waals surface area contributed by atoms with Gasteiger partial charge in [0.15, 0.2) is 5.78 Å². The Morgan fingerprint density at radius 3 is 1.64 bits per heavy atom. The third kappa shape index (κ3) is 34.7. The molecule has 1 aromatic heterocycles. The summed E-state index contributed by atoms with van der Waals surface area (Å²) < 4.78 is 27.2. The summed E-state index contributed by atoms with van der Waals surface area (Å²) in [6.07, 6.45) is 1.03. The number of esters is 2. The SMILES string of the molecule is COC(=O)CC(=O)Cc1ccccc1.COC(=O)CC(=O)Cl.Nc1ccccc1.O=C(O)CC(=O)Cc1ccccc1.O=C1CC(=O)c2ccccc2N1.O=[P+]([O-])P(=O)(O)O.O=c1[nH]c2ccccc2c(O)c1C=NCCN1CCN(CCO)CC1.[Na+].[OH-]. The van der Waals surface area contributed by atoms with Gasteiger partial charge >= 0.3 is 62.5 Å². The second-order valence-electron chi connectivity index (χ2n) is 17.9. The minimum atomic E-state index is -4.78. The number of halogens is 1. The number of benzene rings is 5. The number of hydrogen-bond acceptors (Lipinski definition) is 21. The third-order valence-corrected chi connectivity index (χ3v) is 13.2. The maximum absolute atomic E-state index is 12.1. The molecular formula is C58H68ClN6NaO20P2. The first-order valence-corrected chi connectivity index (χ1v) is 29.7. The zero-order valence-electron chi connectivity index (χ0n) is 48.3. The van der Waals surface area contributed by atoms with E-state index in [0.29, 0.717) is 28.7 Å². The van der Waals surface area contributed by atoms with Crippen LogP contribution in [-0.2, 0) is 65.0 Å². The van der Waals surface area contributed by atoms with Crippen molar-refractivity contribution < 1.29 is 122 Å². The summed E-state index contributed by atoms with van der Waals surface area (Å²) >= 11 is 4.81. The van der Waals surface area contributed by atoms with E-state index in [-0.39, 0.29) is 114 Å². The number of Topliss-reactive ketones (excluding diaryl/α,β-unsaturated/α-hetero) is 3. The Morgan fingerprint density at radius 1 is 0.727 bits per heavy atom. The van der Waals surface area contributed by atoms with Gasteiger partial charge in [0.2, 0.25) is 11.1 Å². The van der Waals surface area contributed by atoms with E-state index >= 15 is 0 Å². The van der Waals surface area contributed by atoms with Crippen molar-refractivity contribution in [3.63, 3.8) is 0 Å². The van der Waals surface area contributed by atoms with E-state index in [4.69, 9.17) is 37.3 Å². The number of nitrogens with two attached hydrogens (primary N) is 1. The number of carbonyl (C=O) groups excluding carboxylic acids is 7. The van der Waals surface area contributed by atoms with Crippen LogP contribution in [0.5, 0.6) is 5.75 Å². The summed E-state index contributed by atoms with van der Waals surface area (Å²) in [6.45, 7) is 6.14. The molecule has 2 aliphatic rings. The Balaban J connectivity index is 0.00000105. The number of amides is 1. The normalized spacial score (nSPS) is 12.3. The molecule has 1 atom stereocenters. The number of para-hydroxylation sites is 3. The Bertz CT molecular complexity index is 3320. The molecule has 1 amide bonds. The molecular weight excluding hydrogens is 1220 g/mol. The molecule has 0 aliphatic carbocycles. The number of aliphatic hydroxyl groups excluding tert-OH is 1. The van der Waals surface area contributed by atoms with E-state index in [2.05, 4.69) is 34.6 Å². The zero-order chi connectivity index (χ0) is 64.0. The van der Waals surface area contributed by atoms with Gasteiger partial charge in [0.1, 0.15) is 36.6 Å². The number of anilines is 2. The number of ketones is 3. The first-order valence-electron chi connectivity index (χ1n) is 25.8. The van der Waals surface area contributed by atoms with Gasteiger partial charge in [-0.25, -0.2) is 4.57 Å². The van der Waals surface area contributed by atoms with Gasteiger partial charge in [0, 0.05) is 75.0 Å². The number of aliphatic imine (C=N–C) groups is 1. The van der Waals surface area contributed by atoms with Gasteiger partial charge in [-0.1, -0.05) is 108 Å². The standard InChI is InChI=1S/C18H24N4O3.C11H12O3.C10H10O3.C9H7NO2.C6H7N.C4H5ClO3.Na.H2O5P2.H2O/c23-12-11-22-9-7-21(8-10-22)6-5-19-13-15-17(24)14-3-1-2-4-16(14)20-18(15)25;1-14-11(13)8-10(12)7-9-5-3-2-4-6-9;11-9(7-10(12)13)6-8-4-2-1-3-5-8;11-8-5-9(12)10-7-4-2-1-3-6(7)8;7-6-4-2-1-3-5-6;1-8-4(7)2-3(5)6;;1-6(2)7(3,4)5;/h1-4,13,23H,5-12H2,(H2,20,24,25);2-6H,7-8H2,1H3;1-5H,6-7H2,(H,12,13);1-4H,5H2,(H,10,12);1-5H,7H2;2H2,1H3;;(H2,3,4,5);1H2/q;;;;;;+1;;/p-1. The summed E-state index contributed by atoms with van der Waals surface area (Å²) in [4.78, 5) is 134. The largest absolute Gasteiger partial charge is 1.00 e. The van der Waals surface area contributed by atoms with Crippen LogP contribution in [0.1, 0.15) is 52.7 Å². The first-order chi connectivity index (χ1) is 40.9. The summed E-state index contributed by atoms with van der Waals surface area (Å²) in [5.74, 6) is -2.90. The molecule has 3 heterocycles. The number of ether oxygens (including phenoxy) is 2. The Hall–Kier alpha value is -7.52. The van der Waals surface area contributed by atoms with Crippen molar-refractivity contribution in [2.75, 3.05) is 77.7 Å². The molecule has 0 radical (unpaired) electrons. The Morgan fingerprint density at radius 2 is 1.18 bits per heavy atom. The number of aromatic hydroxyl groups is 1. The molecule has 468 valence electrons. The molecule has 1 saturated heterocycles. The summed E-state index contributed by atoms with van der Waals surface area (Å²) in [6, 6.07) is 42.1. The monoisotopic (exact) mass is 1290 g/mol. The van der Waals surface area contributed by atoms with Crippen molar-refractivity contribution in [1.29, 1.82) is 0 Å². The van der Waals surface area contributed by atoms with E-state index < -0.39 is 44.6 Å². The minimum absolute atomic E-state index is 0. The number of carboxylic acids is 1. The number of aliphatic carboxylic acids is 1. The number of rotatable bonds is 17. The average molecular weight is 1290 g/mol. The van der Waals surface area contributed by atoms with Gasteiger partial charge in [-0.2, -0.15) is 0 Å². The number of hydrogen-bond donors (Lipinski definition) is 8. The molecule has 8 rings (SSSR count). The van der Waals surface area contributed by atoms with Crippen LogP contribution in [-0.4, -0.2) is 165 Å². The molecule has 0 saturated carbocycles. The number of piperazine rings is 1. The van der Waals surface area contributed by atoms with E-state index in [1.165, 1.54) is 20.4 Å². The number of carbonyl (C=O) groups is 8. The number of H-pyrrole nitrogens is 1. The zero-order valence-corrected chi connectivity index (χ0v) is 52.9. The van der Waals surface area contributed by atoms with E-state index in [9.17, 15) is 62.3 Å². The van der Waals surface area contributed by atoms with Crippen molar-refractivity contribution >= 4 is 102 Å². The summed E-state index contributed by atoms with van der Waals surface area (Å²) in [5, 5.41) is 30.2. The predicted octanol–water partition coefficient (Wildman–Crippen LogP) is 1.70. The van der Waals surface area contributed by atoms with Crippen molar-refractivity contribution in [1.82, 2.24) is 14.8 Å². The van der Waals surface area contributed by atoms with Crippen LogP contribution >= 0.6 is 26.6 Å². The van der Waals surface area contributed by atoms with Crippen molar-refractivity contribution in [3.8, 4) is 5.75 Å². The fraction of sp³-hybridized carbons (Fsp3) is 0.276. The maximum atomic E-state index is 12.1. The molecule has 2 aliphatic heterocycles. The second-order valence-corrected chi connectivity index (χ2v) is 22.4. The number of aromatic amines is 1. The van der Waals surface area contributed by atoms with Crippen LogP contribution in [0.2, 0.25) is 0 Å². The van der Waals surface area contributed by atoms with Crippen LogP contribution in [0.25, 0.3) is 10.9 Å². The molecule has 10 N–H and O–H groups in total. The fourth-order valence-corrected chi connectivity index (χ4v) is 7.29. The molecule has 5 aromatic carbocycles. The average Bonchev–Trinajstić information content (AvgIpc) is 1.93. The number of pyridine rings is 1. The summed E-state index contributed by atoms with van der Waals surface area (Å²) in [7, 11) is -5.89. The molecule has 1 unspecified atom stereocenters. The van der Waals surface area contributed by atoms with Crippen LogP contribution in [0.3, 0.4) is 0 Å². The fourth-order valence-electron chi connectivity index (χ4n) is 7.18. The van der Waals surface area contributed by atoms with E-state index in [1.54, 1.807) is 48.5 Å². The van der Waals surface area contributed by atoms with E-state index in [0.717, 1.165) is 56.1 Å². The number of carboxylic acid groups (broad SMARTS) is 1. The molecule has 1 fully saturated rings. The quantitative estimate of drug-likeness (QED) is 0.0122. The van der Waals surface area contributed by atoms with Crippen LogP contribution in [0.4, 0.5) is 11.4 Å². The molecule has 26 nitrogen and oxygen atoms in total. The molecule has 6 aromatic rings. The van der Waals surface area contributed by atoms with Crippen LogP contribution < -0.4 is 51.1 Å². The Labute approximate surface area is 534 Å². The Kier molecular flexibility index (Phi) is 41.0. The number of aliphatic hydroxyl groups is 1. The molecule has 0 spiro atoms. The number of nitrogens with one attached hydrogen (secondary N) is 2. The number of nitrogen functional groups attached to an aromatic ring is 1. The van der Waals surface area contributed by atoms with Gasteiger partial charge in [0.25, 0.3) is 5.56 Å². The predicted molar refractivity (Wildman–Crippen MR) is 322 cm³/mol. The number of fused-ring (bicyclic) bond motifs is 2. The maximum Gasteiger partial charge on any atom is 1.00 e. The molecule has 0 bridgehead atoms. The smallest absolute Gasteiger partial charge is 0.870 e. The van der Waals surface area contributed by atoms with Gasteiger partial charge in [-0.15, -0.1) is 0 Å². The first kappa shape index (κ1) is 80.5. The molecule has 88 heavy (non-hydrogen) atoms. The summed E-state index contributed by atoms with van der Waals surface area (Å²) in [5.41, 5.74) is 9.66. The van der Waals surface area contributed by atoms with Gasteiger partial charge in [-0.05, 0) is 59.1 Å². The van der Waals surface area contributed by atoms with Crippen LogP contribution in [0.15, 0.2) is 149 Å². The van der Waals surface area contributed by atoms with Gasteiger partial charge < -0.3 is 51.2 Å². The number of aromatic nitrogens is 1. The molecule has 30 heteroatoms. The van der Waals surface area contributed by atoms with Crippen molar-refractivity contribution in [2.45, 2.75) is 38.5 Å². The van der Waals surface area contributed by atoms with Gasteiger partial charge in [0.05, 0.1) is 50.6 Å². The minimum Gasteiger partial charge on any atom is -0.870 e.